The van der Waals surface area contributed by atoms with Crippen LogP contribution in [0.25, 0.3) is 0 Å². The maximum Gasteiger partial charge on any atom is 0.271 e. The van der Waals surface area contributed by atoms with Gasteiger partial charge in [-0.05, 0) is 32.8 Å². The third-order valence-electron chi connectivity index (χ3n) is 2.59. The highest BCUT2D eigenvalue weighted by atomic mass is 16.5. The molecule has 0 aliphatic carbocycles. The molecule has 0 atom stereocenters. The summed E-state index contributed by atoms with van der Waals surface area (Å²) in [6.07, 6.45) is 1.74. The first kappa shape index (κ1) is 16.4. The van der Waals surface area contributed by atoms with Crippen LogP contribution in [-0.2, 0) is 11.3 Å². The fourth-order valence-electron chi connectivity index (χ4n) is 1.63. The average molecular weight is 281 g/mol. The van der Waals surface area contributed by atoms with E-state index >= 15 is 0 Å². The highest BCUT2D eigenvalue weighted by Crippen LogP contribution is 1.93. The molecule has 112 valence electrons. The van der Waals surface area contributed by atoms with E-state index in [0.29, 0.717) is 19.7 Å². The van der Waals surface area contributed by atoms with Crippen LogP contribution in [0.5, 0.6) is 0 Å². The average Bonchev–Trinajstić information content (AvgIpc) is 2.40. The Bertz CT molecular complexity index is 483. The number of aryl methyl sites for hydroxylation is 1. The van der Waals surface area contributed by atoms with Crippen LogP contribution in [0.4, 0.5) is 0 Å². The van der Waals surface area contributed by atoms with Crippen molar-refractivity contribution >= 4 is 5.91 Å². The standard InChI is InChI=1S/C14H23N3O3/c1-4-9-17-13(18)7-6-12(16-17)14(19)15-8-5-10-20-11(2)3/h6-7,11H,4-5,8-10H2,1-3H3,(H,15,19). The SMILES string of the molecule is CCCn1nc(C(=O)NCCCOC(C)C)ccc1=O. The first-order chi connectivity index (χ1) is 9.54. The van der Waals surface area contributed by atoms with Gasteiger partial charge in [0.15, 0.2) is 0 Å². The van der Waals surface area contributed by atoms with Gasteiger partial charge in [-0.15, -0.1) is 0 Å². The number of nitrogens with zero attached hydrogens (tertiary/aromatic N) is 2. The van der Waals surface area contributed by atoms with E-state index in [1.165, 1.54) is 16.8 Å². The number of hydrogen-bond acceptors (Lipinski definition) is 4. The van der Waals surface area contributed by atoms with Crippen LogP contribution in [0.2, 0.25) is 0 Å². The molecule has 1 amide bonds. The Morgan fingerprint density at radius 2 is 2.20 bits per heavy atom. The van der Waals surface area contributed by atoms with Gasteiger partial charge in [-0.25, -0.2) is 4.68 Å². The molecule has 0 spiro atoms. The van der Waals surface area contributed by atoms with Crippen LogP contribution in [0.3, 0.4) is 0 Å². The second-order valence-corrected chi connectivity index (χ2v) is 4.81. The molecule has 1 heterocycles. The zero-order valence-electron chi connectivity index (χ0n) is 12.4. The first-order valence-electron chi connectivity index (χ1n) is 7.02. The molecule has 6 nitrogen and oxygen atoms in total. The van der Waals surface area contributed by atoms with Crippen LogP contribution in [0.15, 0.2) is 16.9 Å². The maximum atomic E-state index is 11.9. The highest BCUT2D eigenvalue weighted by Gasteiger charge is 2.08. The summed E-state index contributed by atoms with van der Waals surface area (Å²) in [5, 5.41) is 6.81. The lowest BCUT2D eigenvalue weighted by atomic mass is 10.3. The Labute approximate surface area is 119 Å². The summed E-state index contributed by atoms with van der Waals surface area (Å²) in [5.74, 6) is -0.264. The van der Waals surface area contributed by atoms with Gasteiger partial charge in [0.2, 0.25) is 0 Å². The smallest absolute Gasteiger partial charge is 0.271 e. The van der Waals surface area contributed by atoms with Crippen molar-refractivity contribution < 1.29 is 9.53 Å². The number of carbonyl (C=O) groups excluding carboxylic acids is 1. The van der Waals surface area contributed by atoms with Gasteiger partial charge in [0.25, 0.3) is 11.5 Å². The van der Waals surface area contributed by atoms with E-state index in [1.54, 1.807) is 0 Å². The van der Waals surface area contributed by atoms with Gasteiger partial charge in [-0.3, -0.25) is 9.59 Å². The van der Waals surface area contributed by atoms with Crippen molar-refractivity contribution in [3.63, 3.8) is 0 Å². The lowest BCUT2D eigenvalue weighted by Crippen LogP contribution is -2.30. The molecule has 0 radical (unpaired) electrons. The number of ether oxygens (including phenoxy) is 1. The molecule has 0 aliphatic heterocycles. The molecule has 0 aliphatic rings. The summed E-state index contributed by atoms with van der Waals surface area (Å²) in [5.41, 5.74) is 0.0801. The van der Waals surface area contributed by atoms with Crippen molar-refractivity contribution in [1.29, 1.82) is 0 Å². The van der Waals surface area contributed by atoms with Crippen LogP contribution in [0.1, 0.15) is 44.1 Å². The van der Waals surface area contributed by atoms with Gasteiger partial charge in [0.1, 0.15) is 5.69 Å². The molecule has 6 heteroatoms. The van der Waals surface area contributed by atoms with Gasteiger partial charge >= 0.3 is 0 Å². The topological polar surface area (TPSA) is 73.2 Å². The van der Waals surface area contributed by atoms with Crippen LogP contribution >= 0.6 is 0 Å². The van der Waals surface area contributed by atoms with Crippen LogP contribution in [0, 0.1) is 0 Å². The van der Waals surface area contributed by atoms with E-state index in [0.717, 1.165) is 12.8 Å². The lowest BCUT2D eigenvalue weighted by molar-refractivity contribution is 0.0756. The molecule has 0 saturated carbocycles. The maximum absolute atomic E-state index is 11.9. The summed E-state index contributed by atoms with van der Waals surface area (Å²) in [6.45, 7) is 7.55. The number of nitrogens with one attached hydrogen (secondary N) is 1. The summed E-state index contributed by atoms with van der Waals surface area (Å²) < 4.78 is 6.70. The minimum absolute atomic E-state index is 0.186. The van der Waals surface area contributed by atoms with Crippen molar-refractivity contribution in [3.8, 4) is 0 Å². The number of carbonyl (C=O) groups is 1. The zero-order valence-corrected chi connectivity index (χ0v) is 12.4. The van der Waals surface area contributed by atoms with E-state index in [2.05, 4.69) is 10.4 Å². The van der Waals surface area contributed by atoms with E-state index in [-0.39, 0.29) is 23.3 Å². The van der Waals surface area contributed by atoms with Crippen molar-refractivity contribution in [2.45, 2.75) is 46.3 Å². The van der Waals surface area contributed by atoms with Gasteiger partial charge < -0.3 is 10.1 Å². The highest BCUT2D eigenvalue weighted by molar-refractivity contribution is 5.91. The number of rotatable bonds is 8. The van der Waals surface area contributed by atoms with Gasteiger partial charge in [-0.1, -0.05) is 6.92 Å². The Kier molecular flexibility index (Phi) is 6.93. The molecular weight excluding hydrogens is 258 g/mol. The predicted molar refractivity (Wildman–Crippen MR) is 76.8 cm³/mol. The molecular formula is C14H23N3O3. The molecule has 1 N–H and O–H groups in total. The van der Waals surface area contributed by atoms with E-state index in [9.17, 15) is 9.59 Å². The van der Waals surface area contributed by atoms with E-state index in [1.807, 2.05) is 20.8 Å². The summed E-state index contributed by atoms with van der Waals surface area (Å²) in [7, 11) is 0. The predicted octanol–water partition coefficient (Wildman–Crippen LogP) is 1.20. The fourth-order valence-corrected chi connectivity index (χ4v) is 1.63. The third kappa shape index (κ3) is 5.52. The molecule has 0 saturated heterocycles. The molecule has 20 heavy (non-hydrogen) atoms. The number of hydrogen-bond donors (Lipinski definition) is 1. The van der Waals surface area contributed by atoms with E-state index < -0.39 is 0 Å². The molecule has 0 unspecified atom stereocenters. The molecule has 0 aromatic carbocycles. The first-order valence-corrected chi connectivity index (χ1v) is 7.02. The third-order valence-corrected chi connectivity index (χ3v) is 2.59. The van der Waals surface area contributed by atoms with Gasteiger partial charge in [-0.2, -0.15) is 5.10 Å². The normalized spacial score (nSPS) is 10.8. The molecule has 1 aromatic heterocycles. The van der Waals surface area contributed by atoms with Crippen molar-refractivity contribution in [3.05, 3.63) is 28.2 Å². The quantitative estimate of drug-likeness (QED) is 0.727. The Morgan fingerprint density at radius 3 is 2.85 bits per heavy atom. The van der Waals surface area contributed by atoms with E-state index in [4.69, 9.17) is 4.74 Å². The number of aromatic nitrogens is 2. The second kappa shape index (κ2) is 8.47. The Hall–Kier alpha value is -1.69. The minimum Gasteiger partial charge on any atom is -0.379 e. The molecule has 1 rings (SSSR count). The van der Waals surface area contributed by atoms with Crippen LogP contribution < -0.4 is 10.9 Å². The second-order valence-electron chi connectivity index (χ2n) is 4.81. The van der Waals surface area contributed by atoms with Crippen LogP contribution in [-0.4, -0.2) is 34.9 Å². The van der Waals surface area contributed by atoms with Crippen molar-refractivity contribution in [1.82, 2.24) is 15.1 Å². The summed E-state index contributed by atoms with van der Waals surface area (Å²) >= 11 is 0. The van der Waals surface area contributed by atoms with Crippen molar-refractivity contribution in [2.75, 3.05) is 13.2 Å². The lowest BCUT2D eigenvalue weighted by Gasteiger charge is -2.09. The molecule has 0 fully saturated rings. The summed E-state index contributed by atoms with van der Waals surface area (Å²) in [4.78, 5) is 23.4. The zero-order chi connectivity index (χ0) is 15.0. The monoisotopic (exact) mass is 281 g/mol. The van der Waals surface area contributed by atoms with Gasteiger partial charge in [0, 0.05) is 25.8 Å². The number of amides is 1. The molecule has 0 bridgehead atoms. The largest absolute Gasteiger partial charge is 0.379 e. The minimum atomic E-state index is -0.264. The Balaban J connectivity index is 2.47. The summed E-state index contributed by atoms with van der Waals surface area (Å²) in [6, 6.07) is 2.83. The Morgan fingerprint density at radius 1 is 1.45 bits per heavy atom. The van der Waals surface area contributed by atoms with Crippen molar-refractivity contribution in [2.24, 2.45) is 0 Å². The molecule has 1 aromatic rings. The fraction of sp³-hybridized carbons (Fsp3) is 0.643. The van der Waals surface area contributed by atoms with Gasteiger partial charge in [0.05, 0.1) is 6.10 Å².